The lowest BCUT2D eigenvalue weighted by atomic mass is 9.43. The summed E-state index contributed by atoms with van der Waals surface area (Å²) in [6.07, 6.45) is 6.80. The zero-order valence-corrected chi connectivity index (χ0v) is 26.1. The van der Waals surface area contributed by atoms with Crippen molar-refractivity contribution in [3.8, 4) is 5.75 Å². The average molecular weight is 579 g/mol. The number of fused-ring (bicyclic) bond motifs is 3. The Balaban J connectivity index is 1.77. The highest BCUT2D eigenvalue weighted by Crippen LogP contribution is 2.65. The summed E-state index contributed by atoms with van der Waals surface area (Å²) in [6, 6.07) is 2.06. The summed E-state index contributed by atoms with van der Waals surface area (Å²) in [7, 11) is 0. The van der Waals surface area contributed by atoms with E-state index >= 15 is 0 Å². The number of carbonyl (C=O) groups is 3. The van der Waals surface area contributed by atoms with Gasteiger partial charge in [0.15, 0.2) is 17.2 Å². The van der Waals surface area contributed by atoms with Crippen molar-refractivity contribution in [2.45, 2.75) is 111 Å². The minimum atomic E-state index is -2.59. The van der Waals surface area contributed by atoms with Gasteiger partial charge in [-0.2, -0.15) is 0 Å². The Morgan fingerprint density at radius 3 is 2.19 bits per heavy atom. The third-order valence-electron chi connectivity index (χ3n) is 11.0. The molecule has 0 amide bonds. The molecule has 7 nitrogen and oxygen atoms in total. The molecule has 228 valence electrons. The number of aromatic hydroxyl groups is 1. The maximum atomic E-state index is 14.6. The zero-order valence-electron chi connectivity index (χ0n) is 26.1. The van der Waals surface area contributed by atoms with E-state index in [4.69, 9.17) is 0 Å². The highest BCUT2D eigenvalue weighted by atomic mass is 16.3. The zero-order chi connectivity index (χ0) is 31.1. The van der Waals surface area contributed by atoms with Crippen LogP contribution in [0.25, 0.3) is 5.76 Å². The molecule has 2 fully saturated rings. The van der Waals surface area contributed by atoms with Crippen molar-refractivity contribution in [1.29, 1.82) is 0 Å². The summed E-state index contributed by atoms with van der Waals surface area (Å²) in [5.41, 5.74) is -2.92. The van der Waals surface area contributed by atoms with Crippen LogP contribution >= 0.6 is 0 Å². The average Bonchev–Trinajstić information content (AvgIpc) is 2.87. The van der Waals surface area contributed by atoms with E-state index in [9.17, 15) is 34.8 Å². The first-order valence-corrected chi connectivity index (χ1v) is 15.6. The van der Waals surface area contributed by atoms with Crippen LogP contribution < -0.4 is 0 Å². The summed E-state index contributed by atoms with van der Waals surface area (Å²) in [4.78, 5) is 40.8. The molecule has 7 heteroatoms. The van der Waals surface area contributed by atoms with Crippen LogP contribution in [0.5, 0.6) is 5.75 Å². The van der Waals surface area contributed by atoms with E-state index in [1.165, 1.54) is 6.42 Å². The second kappa shape index (κ2) is 10.1. The molecule has 5 rings (SSSR count). The molecule has 0 spiro atoms. The number of aliphatic hydroxyl groups excluding tert-OH is 2. The van der Waals surface area contributed by atoms with Crippen LogP contribution in [0.4, 0.5) is 0 Å². The van der Waals surface area contributed by atoms with Gasteiger partial charge in [0, 0.05) is 22.3 Å². The molecule has 2 saturated carbocycles. The van der Waals surface area contributed by atoms with Crippen molar-refractivity contribution in [2.75, 3.05) is 0 Å². The molecule has 1 aromatic carbocycles. The molecule has 42 heavy (non-hydrogen) atoms. The van der Waals surface area contributed by atoms with Crippen LogP contribution in [0.3, 0.4) is 0 Å². The third kappa shape index (κ3) is 4.05. The van der Waals surface area contributed by atoms with Gasteiger partial charge in [-0.3, -0.25) is 14.4 Å². The molecule has 0 heterocycles. The number of rotatable bonds is 5. The molecule has 4 N–H and O–H groups in total. The van der Waals surface area contributed by atoms with E-state index in [1.54, 1.807) is 6.92 Å². The number of hydrogen-bond acceptors (Lipinski definition) is 7. The van der Waals surface area contributed by atoms with Gasteiger partial charge < -0.3 is 20.4 Å². The van der Waals surface area contributed by atoms with Gasteiger partial charge in [-0.25, -0.2) is 0 Å². The minimum Gasteiger partial charge on any atom is -0.508 e. The van der Waals surface area contributed by atoms with E-state index < -0.39 is 51.0 Å². The predicted molar refractivity (Wildman–Crippen MR) is 160 cm³/mol. The van der Waals surface area contributed by atoms with Gasteiger partial charge in [0.2, 0.25) is 5.78 Å². The molecule has 4 aliphatic rings. The summed E-state index contributed by atoms with van der Waals surface area (Å²) in [5, 5.41) is 47.2. The fourth-order valence-electron chi connectivity index (χ4n) is 9.24. The molecule has 1 aromatic rings. The Kier molecular flexibility index (Phi) is 7.32. The smallest absolute Gasteiger partial charge is 0.203 e. The monoisotopic (exact) mass is 578 g/mol. The molecule has 1 unspecified atom stereocenters. The molecule has 0 aromatic heterocycles. The first-order chi connectivity index (χ1) is 19.5. The third-order valence-corrected chi connectivity index (χ3v) is 11.0. The van der Waals surface area contributed by atoms with Crippen LogP contribution in [0.1, 0.15) is 115 Å². The number of phenolic OH excluding ortho intramolecular Hbond substituents is 1. The maximum absolute atomic E-state index is 14.6. The Morgan fingerprint density at radius 1 is 1.02 bits per heavy atom. The van der Waals surface area contributed by atoms with Crippen LogP contribution in [-0.4, -0.2) is 43.4 Å². The van der Waals surface area contributed by atoms with Crippen molar-refractivity contribution < 1.29 is 34.8 Å². The molecule has 0 radical (unpaired) electrons. The second-order valence-electron chi connectivity index (χ2n) is 14.7. The number of allylic oxidation sites excluding steroid dienone is 1. The van der Waals surface area contributed by atoms with Gasteiger partial charge in [0.05, 0.1) is 5.56 Å². The lowest BCUT2D eigenvalue weighted by molar-refractivity contribution is -0.178. The number of ketones is 3. The summed E-state index contributed by atoms with van der Waals surface area (Å²) in [5.74, 6) is -4.32. The maximum Gasteiger partial charge on any atom is 0.203 e. The number of phenols is 1. The Labute approximate surface area is 248 Å². The van der Waals surface area contributed by atoms with Crippen molar-refractivity contribution >= 4 is 23.1 Å². The number of carbonyl (C=O) groups excluding carboxylic acids is 3. The lowest BCUT2D eigenvalue weighted by Gasteiger charge is -2.60. The molecule has 0 saturated heterocycles. The Morgan fingerprint density at radius 2 is 1.64 bits per heavy atom. The van der Waals surface area contributed by atoms with Crippen molar-refractivity contribution in [3.63, 3.8) is 0 Å². The largest absolute Gasteiger partial charge is 0.508 e. The minimum absolute atomic E-state index is 0.0387. The summed E-state index contributed by atoms with van der Waals surface area (Å²) in [6.45, 7) is 12.4. The van der Waals surface area contributed by atoms with Gasteiger partial charge in [-0.15, -0.1) is 0 Å². The highest BCUT2D eigenvalue weighted by Gasteiger charge is 2.72. The number of benzene rings is 1. The molecule has 4 aliphatic carbocycles. The van der Waals surface area contributed by atoms with Gasteiger partial charge in [-0.05, 0) is 60.6 Å². The second-order valence-corrected chi connectivity index (χ2v) is 14.7. The lowest BCUT2D eigenvalue weighted by Crippen LogP contribution is -2.69. The molecule has 0 aliphatic heterocycles. The number of Topliss-reactive ketones (excluding diaryl/α,β-unsaturated/α-hetero) is 3. The molecular weight excluding hydrogens is 532 g/mol. The standard InChI is InChI=1S/C35H46O7/c1-17(2)22-14-21(13-20-11-9-8-10-12-20)28(37)25-23(22)15-33(6)16-34(7)26(18(3)4)29(38)24(19(5)36)31(40)35(34,42)32(41)27(33)30(25)39/h14,17-18,20,26,37,39-40,42H,8-13,15-16H2,1-7H3/t26?,33-,34-,35+/m1/s1. The van der Waals surface area contributed by atoms with E-state index in [2.05, 4.69) is 19.9 Å². The predicted octanol–water partition coefficient (Wildman–Crippen LogP) is 6.44. The van der Waals surface area contributed by atoms with E-state index in [0.29, 0.717) is 18.8 Å². The fourth-order valence-corrected chi connectivity index (χ4v) is 9.24. The van der Waals surface area contributed by atoms with Crippen LogP contribution in [0.2, 0.25) is 0 Å². The van der Waals surface area contributed by atoms with E-state index in [1.807, 2.05) is 20.8 Å². The molecule has 0 bridgehead atoms. The van der Waals surface area contributed by atoms with Crippen molar-refractivity contribution in [3.05, 3.63) is 45.2 Å². The van der Waals surface area contributed by atoms with Crippen LogP contribution in [0, 0.1) is 28.6 Å². The van der Waals surface area contributed by atoms with Gasteiger partial charge >= 0.3 is 0 Å². The first kappa shape index (κ1) is 30.5. The highest BCUT2D eigenvalue weighted by molar-refractivity contribution is 6.24. The quantitative estimate of drug-likeness (QED) is 0.296. The van der Waals surface area contributed by atoms with Crippen LogP contribution in [-0.2, 0) is 27.2 Å². The molecular formula is C35H46O7. The fraction of sp³-hybridized carbons (Fsp3) is 0.629. The molecule has 4 atom stereocenters. The van der Waals surface area contributed by atoms with Gasteiger partial charge in [0.25, 0.3) is 0 Å². The number of aliphatic hydroxyl groups is 3. The topological polar surface area (TPSA) is 132 Å². The van der Waals surface area contributed by atoms with Crippen LogP contribution in [0.15, 0.2) is 23.0 Å². The SMILES string of the molecule is CC(=O)C1=C(O)[C@]2(O)C(=O)C3=C(O)c4c(O)c(CC5CCCCC5)cc(C(C)C)c4C[C@]3(C)C[C@]2(C)C(C(C)C)C1=O. The summed E-state index contributed by atoms with van der Waals surface area (Å²) < 4.78 is 0. The van der Waals surface area contributed by atoms with Gasteiger partial charge in [0.1, 0.15) is 22.8 Å². The first-order valence-electron chi connectivity index (χ1n) is 15.6. The van der Waals surface area contributed by atoms with E-state index in [0.717, 1.165) is 49.3 Å². The Bertz CT molecular complexity index is 1440. The summed E-state index contributed by atoms with van der Waals surface area (Å²) >= 11 is 0. The number of hydrogen-bond donors (Lipinski definition) is 4. The van der Waals surface area contributed by atoms with Crippen molar-refractivity contribution in [2.24, 2.45) is 28.6 Å². The van der Waals surface area contributed by atoms with Gasteiger partial charge in [-0.1, -0.05) is 79.7 Å². The van der Waals surface area contributed by atoms with Crippen molar-refractivity contribution in [1.82, 2.24) is 0 Å². The van der Waals surface area contributed by atoms with E-state index in [-0.39, 0.29) is 40.9 Å². The normalized spacial score (nSPS) is 31.9. The Hall–Kier alpha value is -2.93.